The highest BCUT2D eigenvalue weighted by Crippen LogP contribution is 2.22. The minimum atomic E-state index is -1.61. The van der Waals surface area contributed by atoms with Crippen LogP contribution in [0.2, 0.25) is 5.02 Å². The Balaban J connectivity index is 2.02. The standard InChI is InChI=1S/C19H22ClNO4/c1-2-11-19(21,25-16-9-4-3-5-10-16)18(23)24-13-17(22)14-7-6-8-15(20)12-14/h3-10,12,17,22H,2,11,13,21H2,1H3. The highest BCUT2D eigenvalue weighted by atomic mass is 35.5. The Kier molecular flexibility index (Phi) is 6.82. The zero-order valence-electron chi connectivity index (χ0n) is 14.0. The number of aliphatic hydroxyl groups is 1. The van der Waals surface area contributed by atoms with Crippen molar-refractivity contribution in [2.24, 2.45) is 5.73 Å². The lowest BCUT2D eigenvalue weighted by atomic mass is 10.1. The number of hydrogen-bond donors (Lipinski definition) is 2. The summed E-state index contributed by atoms with van der Waals surface area (Å²) in [5.41, 5.74) is 5.08. The number of aliphatic hydroxyl groups excluding tert-OH is 1. The lowest BCUT2D eigenvalue weighted by molar-refractivity contribution is -0.165. The second-order valence-electron chi connectivity index (χ2n) is 5.72. The summed E-state index contributed by atoms with van der Waals surface area (Å²) < 4.78 is 10.9. The number of ether oxygens (including phenoxy) is 2. The van der Waals surface area contributed by atoms with E-state index in [-0.39, 0.29) is 13.0 Å². The largest absolute Gasteiger partial charge is 0.462 e. The summed E-state index contributed by atoms with van der Waals surface area (Å²) in [5.74, 6) is -0.245. The molecule has 0 radical (unpaired) electrons. The maximum absolute atomic E-state index is 12.5. The predicted octanol–water partition coefficient (Wildman–Crippen LogP) is 3.45. The van der Waals surface area contributed by atoms with Gasteiger partial charge in [0, 0.05) is 11.4 Å². The van der Waals surface area contributed by atoms with E-state index in [0.29, 0.717) is 22.8 Å². The molecule has 3 N–H and O–H groups in total. The normalized spacial score (nSPS) is 14.4. The molecule has 0 aliphatic carbocycles. The molecular weight excluding hydrogens is 342 g/mol. The van der Waals surface area contributed by atoms with Crippen molar-refractivity contribution in [1.82, 2.24) is 0 Å². The molecule has 6 heteroatoms. The van der Waals surface area contributed by atoms with Gasteiger partial charge in [0.25, 0.3) is 5.72 Å². The number of nitrogens with two attached hydrogens (primary N) is 1. The van der Waals surface area contributed by atoms with Crippen LogP contribution in [0.4, 0.5) is 0 Å². The summed E-state index contributed by atoms with van der Waals surface area (Å²) in [5, 5.41) is 10.7. The lowest BCUT2D eigenvalue weighted by Crippen LogP contribution is -2.54. The highest BCUT2D eigenvalue weighted by molar-refractivity contribution is 6.30. The highest BCUT2D eigenvalue weighted by Gasteiger charge is 2.38. The average Bonchev–Trinajstić information content (AvgIpc) is 2.60. The van der Waals surface area contributed by atoms with Gasteiger partial charge in [-0.2, -0.15) is 0 Å². The molecule has 25 heavy (non-hydrogen) atoms. The Morgan fingerprint density at radius 2 is 1.96 bits per heavy atom. The Morgan fingerprint density at radius 3 is 2.60 bits per heavy atom. The molecule has 0 spiro atoms. The first-order valence-electron chi connectivity index (χ1n) is 8.08. The molecule has 0 heterocycles. The van der Waals surface area contributed by atoms with Crippen molar-refractivity contribution < 1.29 is 19.4 Å². The smallest absolute Gasteiger partial charge is 0.366 e. The molecule has 5 nitrogen and oxygen atoms in total. The molecule has 2 unspecified atom stereocenters. The maximum Gasteiger partial charge on any atom is 0.366 e. The molecule has 0 bridgehead atoms. The molecule has 0 amide bonds. The molecule has 2 atom stereocenters. The van der Waals surface area contributed by atoms with E-state index in [1.54, 1.807) is 48.5 Å². The third-order valence-corrected chi connectivity index (χ3v) is 3.85. The van der Waals surface area contributed by atoms with E-state index < -0.39 is 17.8 Å². The molecule has 0 aliphatic rings. The zero-order chi connectivity index (χ0) is 18.3. The van der Waals surface area contributed by atoms with Crippen molar-refractivity contribution in [1.29, 1.82) is 0 Å². The fourth-order valence-corrected chi connectivity index (χ4v) is 2.55. The van der Waals surface area contributed by atoms with Crippen LogP contribution in [-0.4, -0.2) is 23.4 Å². The van der Waals surface area contributed by atoms with Crippen molar-refractivity contribution >= 4 is 17.6 Å². The summed E-state index contributed by atoms with van der Waals surface area (Å²) in [4.78, 5) is 12.5. The van der Waals surface area contributed by atoms with E-state index in [2.05, 4.69) is 0 Å². The van der Waals surface area contributed by atoms with Crippen molar-refractivity contribution in [2.75, 3.05) is 6.61 Å². The van der Waals surface area contributed by atoms with Gasteiger partial charge in [0.2, 0.25) is 0 Å². The summed E-state index contributed by atoms with van der Waals surface area (Å²) in [6.45, 7) is 1.66. The van der Waals surface area contributed by atoms with Gasteiger partial charge in [-0.05, 0) is 29.8 Å². The predicted molar refractivity (Wildman–Crippen MR) is 96.3 cm³/mol. The molecule has 0 aromatic heterocycles. The van der Waals surface area contributed by atoms with Crippen LogP contribution < -0.4 is 10.5 Å². The fraction of sp³-hybridized carbons (Fsp3) is 0.316. The molecule has 0 aliphatic heterocycles. The quantitative estimate of drug-likeness (QED) is 0.554. The van der Waals surface area contributed by atoms with E-state index in [9.17, 15) is 9.90 Å². The first kappa shape index (κ1) is 19.2. The summed E-state index contributed by atoms with van der Waals surface area (Å²) in [7, 11) is 0. The van der Waals surface area contributed by atoms with Crippen LogP contribution in [0.25, 0.3) is 0 Å². The van der Waals surface area contributed by atoms with Gasteiger partial charge in [-0.15, -0.1) is 0 Å². The molecule has 134 valence electrons. The van der Waals surface area contributed by atoms with Gasteiger partial charge in [-0.3, -0.25) is 5.73 Å². The number of para-hydroxylation sites is 1. The van der Waals surface area contributed by atoms with Crippen molar-refractivity contribution in [3.8, 4) is 5.75 Å². The third-order valence-electron chi connectivity index (χ3n) is 3.62. The van der Waals surface area contributed by atoms with Gasteiger partial charge in [-0.1, -0.05) is 55.3 Å². The number of esters is 1. The van der Waals surface area contributed by atoms with E-state index in [1.165, 1.54) is 0 Å². The average molecular weight is 364 g/mol. The first-order valence-corrected chi connectivity index (χ1v) is 8.46. The van der Waals surface area contributed by atoms with E-state index in [4.69, 9.17) is 26.8 Å². The van der Waals surface area contributed by atoms with Crippen molar-refractivity contribution in [2.45, 2.75) is 31.6 Å². The Bertz CT molecular complexity index is 695. The van der Waals surface area contributed by atoms with Gasteiger partial charge in [-0.25, -0.2) is 4.79 Å². The summed E-state index contributed by atoms with van der Waals surface area (Å²) in [6, 6.07) is 15.6. The minimum absolute atomic E-state index is 0.236. The van der Waals surface area contributed by atoms with Crippen LogP contribution in [0, 0.1) is 0 Å². The van der Waals surface area contributed by atoms with Gasteiger partial charge in [0.05, 0.1) is 0 Å². The molecule has 0 saturated carbocycles. The Labute approximate surface area is 152 Å². The van der Waals surface area contributed by atoms with E-state index in [1.807, 2.05) is 13.0 Å². The monoisotopic (exact) mass is 363 g/mol. The number of rotatable bonds is 8. The molecular formula is C19H22ClNO4. The van der Waals surface area contributed by atoms with Crippen LogP contribution in [0.5, 0.6) is 5.75 Å². The van der Waals surface area contributed by atoms with Crippen molar-refractivity contribution in [3.05, 3.63) is 65.2 Å². The second kappa shape index (κ2) is 8.85. The summed E-state index contributed by atoms with van der Waals surface area (Å²) in [6.07, 6.45) is -0.0752. The maximum atomic E-state index is 12.5. The molecule has 2 aromatic rings. The molecule has 0 fully saturated rings. The number of halogens is 1. The van der Waals surface area contributed by atoms with Gasteiger partial charge < -0.3 is 14.6 Å². The van der Waals surface area contributed by atoms with Crippen LogP contribution in [-0.2, 0) is 9.53 Å². The SMILES string of the molecule is CCCC(N)(Oc1ccccc1)C(=O)OCC(O)c1cccc(Cl)c1. The topological polar surface area (TPSA) is 81.8 Å². The number of benzene rings is 2. The number of carbonyl (C=O) groups excluding carboxylic acids is 1. The van der Waals surface area contributed by atoms with Crippen LogP contribution in [0.15, 0.2) is 54.6 Å². The van der Waals surface area contributed by atoms with Gasteiger partial charge >= 0.3 is 5.97 Å². The Hall–Kier alpha value is -2.08. The van der Waals surface area contributed by atoms with E-state index >= 15 is 0 Å². The van der Waals surface area contributed by atoms with Crippen LogP contribution in [0.3, 0.4) is 0 Å². The van der Waals surface area contributed by atoms with E-state index in [0.717, 1.165) is 0 Å². The molecule has 0 saturated heterocycles. The molecule has 2 rings (SSSR count). The minimum Gasteiger partial charge on any atom is -0.462 e. The van der Waals surface area contributed by atoms with Crippen molar-refractivity contribution in [3.63, 3.8) is 0 Å². The fourth-order valence-electron chi connectivity index (χ4n) is 2.35. The van der Waals surface area contributed by atoms with Gasteiger partial charge in [0.15, 0.2) is 0 Å². The van der Waals surface area contributed by atoms with Crippen LogP contribution in [0.1, 0.15) is 31.4 Å². The second-order valence-corrected chi connectivity index (χ2v) is 6.16. The Morgan fingerprint density at radius 1 is 1.24 bits per heavy atom. The molecule has 2 aromatic carbocycles. The van der Waals surface area contributed by atoms with Crippen LogP contribution >= 0.6 is 11.6 Å². The lowest BCUT2D eigenvalue weighted by Gasteiger charge is -2.28. The summed E-state index contributed by atoms with van der Waals surface area (Å²) >= 11 is 5.90. The number of carbonyl (C=O) groups is 1. The third kappa shape index (κ3) is 5.46. The first-order chi connectivity index (χ1) is 11.9. The van der Waals surface area contributed by atoms with Gasteiger partial charge in [0.1, 0.15) is 18.5 Å². The number of hydrogen-bond acceptors (Lipinski definition) is 5. The zero-order valence-corrected chi connectivity index (χ0v) is 14.8.